The normalized spacial score (nSPS) is 15.6. The molecule has 0 saturated carbocycles. The first-order valence-corrected chi connectivity index (χ1v) is 7.98. The first kappa shape index (κ1) is 16.9. The predicted octanol–water partition coefficient (Wildman–Crippen LogP) is 2.75. The van der Waals surface area contributed by atoms with Crippen molar-refractivity contribution in [2.75, 3.05) is 18.6 Å². The summed E-state index contributed by atoms with van der Waals surface area (Å²) < 4.78 is 0. The Labute approximate surface area is 123 Å². The Balaban J connectivity index is 2.76. The molecule has 0 aliphatic rings. The van der Waals surface area contributed by atoms with E-state index < -0.39 is 5.60 Å². The smallest absolute Gasteiger partial charge is 0.269 e. The molecule has 20 heavy (non-hydrogen) atoms. The van der Waals surface area contributed by atoms with E-state index in [-0.39, 0.29) is 16.7 Å². The molecular weight excluding hydrogens is 276 g/mol. The fraction of sp³-hybridized carbons (Fsp3) is 0.571. The summed E-state index contributed by atoms with van der Waals surface area (Å²) in [6.45, 7) is 4.26. The third-order valence-electron chi connectivity index (χ3n) is 3.08. The average molecular weight is 298 g/mol. The lowest BCUT2D eigenvalue weighted by molar-refractivity contribution is -0.384. The number of benzene rings is 1. The lowest BCUT2D eigenvalue weighted by Gasteiger charge is -2.26. The van der Waals surface area contributed by atoms with Crippen molar-refractivity contribution >= 4 is 17.4 Å². The second-order valence-corrected chi connectivity index (χ2v) is 5.99. The van der Waals surface area contributed by atoms with Crippen LogP contribution in [0.25, 0.3) is 0 Å². The molecule has 0 fully saturated rings. The highest BCUT2D eigenvalue weighted by Crippen LogP contribution is 2.22. The number of rotatable bonds is 8. The van der Waals surface area contributed by atoms with Gasteiger partial charge in [0.1, 0.15) is 0 Å². The van der Waals surface area contributed by atoms with Crippen LogP contribution in [0.1, 0.15) is 31.9 Å². The van der Waals surface area contributed by atoms with Gasteiger partial charge < -0.3 is 10.4 Å². The van der Waals surface area contributed by atoms with Crippen LogP contribution in [-0.4, -0.2) is 34.2 Å². The van der Waals surface area contributed by atoms with E-state index in [9.17, 15) is 15.2 Å². The molecule has 2 atom stereocenters. The summed E-state index contributed by atoms with van der Waals surface area (Å²) >= 11 is 1.59. The summed E-state index contributed by atoms with van der Waals surface area (Å²) in [5.41, 5.74) is 0.188. The van der Waals surface area contributed by atoms with Crippen LogP contribution in [0.4, 0.5) is 5.69 Å². The predicted molar refractivity (Wildman–Crippen MR) is 83.1 cm³/mol. The van der Waals surface area contributed by atoms with Gasteiger partial charge in [-0.25, -0.2) is 0 Å². The van der Waals surface area contributed by atoms with Gasteiger partial charge in [-0.2, -0.15) is 11.8 Å². The van der Waals surface area contributed by atoms with Gasteiger partial charge in [-0.3, -0.25) is 10.1 Å². The number of hydrogen-bond acceptors (Lipinski definition) is 5. The maximum atomic E-state index is 10.8. The minimum Gasteiger partial charge on any atom is -0.388 e. The van der Waals surface area contributed by atoms with E-state index in [1.165, 1.54) is 6.07 Å². The van der Waals surface area contributed by atoms with Crippen LogP contribution in [0.3, 0.4) is 0 Å². The third-order valence-corrected chi connectivity index (χ3v) is 3.99. The maximum absolute atomic E-state index is 10.8. The Bertz CT molecular complexity index is 452. The van der Waals surface area contributed by atoms with Crippen molar-refractivity contribution in [1.29, 1.82) is 0 Å². The van der Waals surface area contributed by atoms with Crippen LogP contribution < -0.4 is 5.32 Å². The molecule has 1 aromatic rings. The highest BCUT2D eigenvalue weighted by atomic mass is 32.2. The monoisotopic (exact) mass is 298 g/mol. The largest absolute Gasteiger partial charge is 0.388 e. The van der Waals surface area contributed by atoms with Crippen molar-refractivity contribution in [3.05, 3.63) is 39.9 Å². The van der Waals surface area contributed by atoms with Gasteiger partial charge in [0.15, 0.2) is 0 Å². The van der Waals surface area contributed by atoms with Crippen molar-refractivity contribution in [2.45, 2.75) is 31.9 Å². The highest BCUT2D eigenvalue weighted by Gasteiger charge is 2.21. The van der Waals surface area contributed by atoms with Crippen molar-refractivity contribution < 1.29 is 10.0 Å². The van der Waals surface area contributed by atoms with E-state index in [4.69, 9.17) is 0 Å². The molecule has 0 radical (unpaired) electrons. The highest BCUT2D eigenvalue weighted by molar-refractivity contribution is 7.98. The number of nitro benzene ring substituents is 1. The number of nitro groups is 1. The molecule has 0 spiro atoms. The van der Waals surface area contributed by atoms with Gasteiger partial charge in [0.2, 0.25) is 0 Å². The maximum Gasteiger partial charge on any atom is 0.269 e. The standard InChI is InChI=1S/C14H22N2O3S/c1-4-13(15-9-14(2,17)10-20-3)11-6-5-7-12(8-11)16(18)19/h5-8,13,15,17H,4,9-10H2,1-3H3. The molecule has 0 aromatic heterocycles. The zero-order valence-electron chi connectivity index (χ0n) is 12.1. The number of nitrogens with one attached hydrogen (secondary N) is 1. The molecule has 0 heterocycles. The molecule has 0 saturated heterocycles. The second kappa shape index (κ2) is 7.61. The Hall–Kier alpha value is -1.11. The summed E-state index contributed by atoms with van der Waals surface area (Å²) in [4.78, 5) is 10.4. The molecule has 0 bridgehead atoms. The first-order valence-electron chi connectivity index (χ1n) is 6.58. The SMILES string of the molecule is CCC(NCC(C)(O)CSC)c1cccc([N+](=O)[O-])c1. The van der Waals surface area contributed by atoms with Gasteiger partial charge in [0, 0.05) is 30.5 Å². The van der Waals surface area contributed by atoms with Crippen LogP contribution in [0, 0.1) is 10.1 Å². The quantitative estimate of drug-likeness (QED) is 0.570. The van der Waals surface area contributed by atoms with E-state index in [1.54, 1.807) is 30.8 Å². The summed E-state index contributed by atoms with van der Waals surface area (Å²) in [7, 11) is 0. The van der Waals surface area contributed by atoms with Crippen LogP contribution >= 0.6 is 11.8 Å². The van der Waals surface area contributed by atoms with Crippen molar-refractivity contribution in [2.24, 2.45) is 0 Å². The van der Waals surface area contributed by atoms with Crippen molar-refractivity contribution in [1.82, 2.24) is 5.32 Å². The number of aliphatic hydroxyl groups is 1. The zero-order valence-corrected chi connectivity index (χ0v) is 12.9. The average Bonchev–Trinajstić information content (AvgIpc) is 2.39. The van der Waals surface area contributed by atoms with Crippen LogP contribution in [0.2, 0.25) is 0 Å². The van der Waals surface area contributed by atoms with Gasteiger partial charge in [-0.1, -0.05) is 19.1 Å². The fourth-order valence-corrected chi connectivity index (χ4v) is 2.78. The number of nitrogens with zero attached hydrogens (tertiary/aromatic N) is 1. The molecule has 6 heteroatoms. The number of hydrogen-bond donors (Lipinski definition) is 2. The lowest BCUT2D eigenvalue weighted by atomic mass is 10.0. The van der Waals surface area contributed by atoms with Gasteiger partial charge in [0.05, 0.1) is 10.5 Å². The van der Waals surface area contributed by atoms with E-state index in [0.29, 0.717) is 12.3 Å². The summed E-state index contributed by atoms with van der Waals surface area (Å²) in [5, 5.41) is 24.3. The van der Waals surface area contributed by atoms with E-state index >= 15 is 0 Å². The number of non-ortho nitro benzene ring substituents is 1. The Morgan fingerprint density at radius 3 is 2.80 bits per heavy atom. The number of thioether (sulfide) groups is 1. The molecule has 112 valence electrons. The van der Waals surface area contributed by atoms with Crippen molar-refractivity contribution in [3.63, 3.8) is 0 Å². The Morgan fingerprint density at radius 2 is 2.25 bits per heavy atom. The van der Waals surface area contributed by atoms with E-state index in [0.717, 1.165) is 12.0 Å². The minimum absolute atomic E-state index is 0.00299. The molecule has 0 amide bonds. The van der Waals surface area contributed by atoms with Gasteiger partial charge in [0.25, 0.3) is 5.69 Å². The van der Waals surface area contributed by atoms with Crippen LogP contribution in [0.5, 0.6) is 0 Å². The molecular formula is C14H22N2O3S. The van der Waals surface area contributed by atoms with Gasteiger partial charge >= 0.3 is 0 Å². The topological polar surface area (TPSA) is 75.4 Å². The summed E-state index contributed by atoms with van der Waals surface area (Å²) in [6, 6.07) is 6.64. The summed E-state index contributed by atoms with van der Waals surface area (Å²) in [6.07, 6.45) is 2.75. The third kappa shape index (κ3) is 5.11. The van der Waals surface area contributed by atoms with Crippen LogP contribution in [0.15, 0.2) is 24.3 Å². The Kier molecular flexibility index (Phi) is 6.45. The molecule has 5 nitrogen and oxygen atoms in total. The first-order chi connectivity index (χ1) is 9.39. The minimum atomic E-state index is -0.784. The summed E-state index contributed by atoms with van der Waals surface area (Å²) in [5.74, 6) is 0.644. The van der Waals surface area contributed by atoms with Crippen molar-refractivity contribution in [3.8, 4) is 0 Å². The molecule has 1 aromatic carbocycles. The molecule has 2 unspecified atom stereocenters. The van der Waals surface area contributed by atoms with Gasteiger partial charge in [-0.15, -0.1) is 0 Å². The zero-order chi connectivity index (χ0) is 15.2. The molecule has 2 N–H and O–H groups in total. The lowest BCUT2D eigenvalue weighted by Crippen LogP contribution is -2.41. The van der Waals surface area contributed by atoms with E-state index in [1.807, 2.05) is 19.2 Å². The van der Waals surface area contributed by atoms with E-state index in [2.05, 4.69) is 5.32 Å². The Morgan fingerprint density at radius 1 is 1.55 bits per heavy atom. The van der Waals surface area contributed by atoms with Crippen LogP contribution in [-0.2, 0) is 0 Å². The molecule has 1 rings (SSSR count). The molecule has 0 aliphatic carbocycles. The van der Waals surface area contributed by atoms with Gasteiger partial charge in [-0.05, 0) is 25.2 Å². The molecule has 0 aliphatic heterocycles. The second-order valence-electron chi connectivity index (χ2n) is 5.12. The fourth-order valence-electron chi connectivity index (χ4n) is 2.06.